The first-order valence-electron chi connectivity index (χ1n) is 3.54. The minimum absolute atomic E-state index is 0.301. The molecule has 0 bridgehead atoms. The van der Waals surface area contributed by atoms with E-state index in [0.717, 1.165) is 17.8 Å². The van der Waals surface area contributed by atoms with Crippen molar-refractivity contribution in [3.63, 3.8) is 0 Å². The van der Waals surface area contributed by atoms with Crippen LogP contribution in [-0.4, -0.2) is 12.9 Å². The number of fused-ring (bicyclic) bond motifs is 1. The minimum atomic E-state index is 0.301. The second kappa shape index (κ2) is 1.62. The standard InChI is InChI=1S/C8H10O2/c1-4-7(9)5-3-6(5)8(4)10-2/h5-6H,3H2,1-2H3. The molecule has 2 heteroatoms. The maximum atomic E-state index is 11.2. The monoisotopic (exact) mass is 138 g/mol. The van der Waals surface area contributed by atoms with Gasteiger partial charge in [-0.05, 0) is 13.3 Å². The molecular weight excluding hydrogens is 128 g/mol. The Morgan fingerprint density at radius 2 is 2.20 bits per heavy atom. The molecule has 0 radical (unpaired) electrons. The Hall–Kier alpha value is -0.790. The van der Waals surface area contributed by atoms with Gasteiger partial charge in [0.2, 0.25) is 0 Å². The predicted molar refractivity (Wildman–Crippen MR) is 36.3 cm³/mol. The topological polar surface area (TPSA) is 26.3 Å². The first-order chi connectivity index (χ1) is 4.75. The van der Waals surface area contributed by atoms with Crippen LogP contribution in [-0.2, 0) is 9.53 Å². The Labute approximate surface area is 59.9 Å². The second-order valence-electron chi connectivity index (χ2n) is 3.01. The van der Waals surface area contributed by atoms with Gasteiger partial charge in [0.15, 0.2) is 5.78 Å². The summed E-state index contributed by atoms with van der Waals surface area (Å²) in [6.07, 6.45) is 1.03. The number of ketones is 1. The summed E-state index contributed by atoms with van der Waals surface area (Å²) in [6, 6.07) is 0. The fraction of sp³-hybridized carbons (Fsp3) is 0.625. The van der Waals surface area contributed by atoms with Gasteiger partial charge in [0.25, 0.3) is 0 Å². The smallest absolute Gasteiger partial charge is 0.165 e. The lowest BCUT2D eigenvalue weighted by Gasteiger charge is -2.01. The van der Waals surface area contributed by atoms with Gasteiger partial charge in [0.1, 0.15) is 5.76 Å². The SMILES string of the molecule is COC1=C(C)C(=O)C2CC12. The molecule has 54 valence electrons. The summed E-state index contributed by atoms with van der Waals surface area (Å²) in [5, 5.41) is 0. The molecule has 0 aliphatic heterocycles. The highest BCUT2D eigenvalue weighted by Gasteiger charge is 2.53. The molecule has 0 saturated heterocycles. The van der Waals surface area contributed by atoms with Gasteiger partial charge in [-0.15, -0.1) is 0 Å². The quantitative estimate of drug-likeness (QED) is 0.543. The van der Waals surface area contributed by atoms with E-state index in [2.05, 4.69) is 0 Å². The molecule has 0 amide bonds. The van der Waals surface area contributed by atoms with E-state index in [0.29, 0.717) is 17.6 Å². The van der Waals surface area contributed by atoms with Crippen molar-refractivity contribution >= 4 is 5.78 Å². The van der Waals surface area contributed by atoms with Crippen molar-refractivity contribution in [3.8, 4) is 0 Å². The Morgan fingerprint density at radius 1 is 1.50 bits per heavy atom. The lowest BCUT2D eigenvalue weighted by molar-refractivity contribution is -0.116. The largest absolute Gasteiger partial charge is 0.500 e. The summed E-state index contributed by atoms with van der Waals surface area (Å²) < 4.78 is 5.11. The Bertz CT molecular complexity index is 227. The molecule has 10 heavy (non-hydrogen) atoms. The van der Waals surface area contributed by atoms with Gasteiger partial charge in [-0.25, -0.2) is 0 Å². The van der Waals surface area contributed by atoms with Crippen LogP contribution in [0.15, 0.2) is 11.3 Å². The van der Waals surface area contributed by atoms with Crippen molar-refractivity contribution in [2.24, 2.45) is 11.8 Å². The van der Waals surface area contributed by atoms with Gasteiger partial charge in [-0.3, -0.25) is 4.79 Å². The molecule has 2 aliphatic rings. The van der Waals surface area contributed by atoms with E-state index >= 15 is 0 Å². The minimum Gasteiger partial charge on any atom is -0.500 e. The summed E-state index contributed by atoms with van der Waals surface area (Å²) in [5.41, 5.74) is 0.851. The molecule has 2 unspecified atom stereocenters. The number of hydrogen-bond donors (Lipinski definition) is 0. The fourth-order valence-corrected chi connectivity index (χ4v) is 1.76. The molecule has 2 aliphatic carbocycles. The first-order valence-corrected chi connectivity index (χ1v) is 3.54. The molecule has 2 atom stereocenters. The van der Waals surface area contributed by atoms with E-state index < -0.39 is 0 Å². The van der Waals surface area contributed by atoms with Gasteiger partial charge < -0.3 is 4.74 Å². The Balaban J connectivity index is 2.36. The summed E-state index contributed by atoms with van der Waals surface area (Å²) in [4.78, 5) is 11.2. The predicted octanol–water partition coefficient (Wildman–Crippen LogP) is 1.13. The third kappa shape index (κ3) is 0.516. The number of rotatable bonds is 1. The molecule has 2 nitrogen and oxygen atoms in total. The van der Waals surface area contributed by atoms with Crippen molar-refractivity contribution in [2.75, 3.05) is 7.11 Å². The van der Waals surface area contributed by atoms with E-state index in [9.17, 15) is 4.79 Å². The highest BCUT2D eigenvalue weighted by Crippen LogP contribution is 2.52. The number of methoxy groups -OCH3 is 1. The summed E-state index contributed by atoms with van der Waals surface area (Å²) >= 11 is 0. The van der Waals surface area contributed by atoms with Crippen LogP contribution in [0, 0.1) is 11.8 Å². The zero-order valence-corrected chi connectivity index (χ0v) is 6.18. The second-order valence-corrected chi connectivity index (χ2v) is 3.01. The lowest BCUT2D eigenvalue weighted by Crippen LogP contribution is -1.98. The fourth-order valence-electron chi connectivity index (χ4n) is 1.76. The average molecular weight is 138 g/mol. The van der Waals surface area contributed by atoms with Crippen molar-refractivity contribution in [1.29, 1.82) is 0 Å². The van der Waals surface area contributed by atoms with Crippen LogP contribution in [0.25, 0.3) is 0 Å². The Morgan fingerprint density at radius 3 is 2.50 bits per heavy atom. The highest BCUT2D eigenvalue weighted by atomic mass is 16.5. The van der Waals surface area contributed by atoms with E-state index in [1.54, 1.807) is 7.11 Å². The van der Waals surface area contributed by atoms with E-state index in [1.807, 2.05) is 6.92 Å². The highest BCUT2D eigenvalue weighted by molar-refractivity contribution is 6.02. The van der Waals surface area contributed by atoms with Crippen LogP contribution in [0.5, 0.6) is 0 Å². The molecule has 0 aromatic carbocycles. The molecule has 0 aromatic rings. The van der Waals surface area contributed by atoms with E-state index in [4.69, 9.17) is 4.74 Å². The first kappa shape index (κ1) is 5.96. The van der Waals surface area contributed by atoms with Crippen LogP contribution in [0.1, 0.15) is 13.3 Å². The van der Waals surface area contributed by atoms with E-state index in [-0.39, 0.29) is 0 Å². The summed E-state index contributed by atoms with van der Waals surface area (Å²) in [7, 11) is 1.65. The zero-order chi connectivity index (χ0) is 7.30. The molecule has 0 heterocycles. The number of hydrogen-bond acceptors (Lipinski definition) is 2. The molecule has 0 spiro atoms. The summed E-state index contributed by atoms with van der Waals surface area (Å²) in [5.74, 6) is 2.00. The third-order valence-corrected chi connectivity index (χ3v) is 2.42. The number of ether oxygens (including phenoxy) is 1. The van der Waals surface area contributed by atoms with Crippen molar-refractivity contribution in [3.05, 3.63) is 11.3 Å². The maximum absolute atomic E-state index is 11.2. The molecular formula is C8H10O2. The third-order valence-electron chi connectivity index (χ3n) is 2.42. The molecule has 2 rings (SSSR count). The number of carbonyl (C=O) groups is 1. The normalized spacial score (nSPS) is 36.4. The van der Waals surface area contributed by atoms with Crippen LogP contribution in [0.4, 0.5) is 0 Å². The van der Waals surface area contributed by atoms with E-state index in [1.165, 1.54) is 0 Å². The van der Waals surface area contributed by atoms with Gasteiger partial charge in [0, 0.05) is 17.4 Å². The van der Waals surface area contributed by atoms with Crippen LogP contribution in [0.3, 0.4) is 0 Å². The number of carbonyl (C=O) groups excluding carboxylic acids is 1. The molecule has 0 aromatic heterocycles. The van der Waals surface area contributed by atoms with Crippen molar-refractivity contribution in [1.82, 2.24) is 0 Å². The molecule has 0 N–H and O–H groups in total. The van der Waals surface area contributed by atoms with Crippen LogP contribution >= 0.6 is 0 Å². The number of allylic oxidation sites excluding steroid dienone is 2. The summed E-state index contributed by atoms with van der Waals surface area (Å²) in [6.45, 7) is 1.85. The number of Topliss-reactive ketones (excluding diaryl/α,β-unsaturated/α-hetero) is 1. The van der Waals surface area contributed by atoms with Crippen molar-refractivity contribution in [2.45, 2.75) is 13.3 Å². The van der Waals surface area contributed by atoms with Gasteiger partial charge >= 0.3 is 0 Å². The average Bonchev–Trinajstić information content (AvgIpc) is 2.63. The van der Waals surface area contributed by atoms with Crippen LogP contribution < -0.4 is 0 Å². The van der Waals surface area contributed by atoms with Gasteiger partial charge in [-0.2, -0.15) is 0 Å². The zero-order valence-electron chi connectivity index (χ0n) is 6.18. The van der Waals surface area contributed by atoms with Gasteiger partial charge in [0.05, 0.1) is 7.11 Å². The van der Waals surface area contributed by atoms with Crippen molar-refractivity contribution < 1.29 is 9.53 Å². The Kier molecular flexibility index (Phi) is 0.967. The molecule has 1 fully saturated rings. The van der Waals surface area contributed by atoms with Gasteiger partial charge in [-0.1, -0.05) is 0 Å². The lowest BCUT2D eigenvalue weighted by atomic mass is 10.2. The molecule has 1 saturated carbocycles. The van der Waals surface area contributed by atoms with Crippen LogP contribution in [0.2, 0.25) is 0 Å². The maximum Gasteiger partial charge on any atom is 0.165 e.